The number of halogens is 1. The molecule has 1 aliphatic rings. The molecule has 0 N–H and O–H groups in total. The van der Waals surface area contributed by atoms with Crippen LogP contribution >= 0.6 is 15.9 Å². The van der Waals surface area contributed by atoms with E-state index in [1.54, 1.807) is 23.3 Å². The van der Waals surface area contributed by atoms with Gasteiger partial charge in [0.05, 0.1) is 10.7 Å². The molecule has 0 aliphatic carbocycles. The molecule has 0 spiro atoms. The molecule has 4 heterocycles. The highest BCUT2D eigenvalue weighted by Crippen LogP contribution is 2.27. The predicted octanol–water partition coefficient (Wildman–Crippen LogP) is 3.08. The Labute approximate surface area is 160 Å². The van der Waals surface area contributed by atoms with Gasteiger partial charge in [-0.1, -0.05) is 0 Å². The molecule has 0 bridgehead atoms. The minimum atomic E-state index is 0.123. The molecule has 7 nitrogen and oxygen atoms in total. The molecule has 0 unspecified atom stereocenters. The second-order valence-electron chi connectivity index (χ2n) is 6.27. The van der Waals surface area contributed by atoms with Crippen molar-refractivity contribution in [3.8, 4) is 17.1 Å². The van der Waals surface area contributed by atoms with Gasteiger partial charge in [-0.05, 0) is 28.1 Å². The van der Waals surface area contributed by atoms with Crippen LogP contribution in [0.25, 0.3) is 11.1 Å². The third-order valence-corrected chi connectivity index (χ3v) is 5.04. The molecule has 4 rings (SSSR count). The molecule has 0 atom stereocenters. The molecule has 8 heteroatoms. The van der Waals surface area contributed by atoms with E-state index in [0.717, 1.165) is 47.3 Å². The van der Waals surface area contributed by atoms with Crippen molar-refractivity contribution in [2.75, 3.05) is 18.0 Å². The van der Waals surface area contributed by atoms with Crippen molar-refractivity contribution in [3.05, 3.63) is 47.6 Å². The summed E-state index contributed by atoms with van der Waals surface area (Å²) >= 11 is 3.57. The van der Waals surface area contributed by atoms with Crippen LogP contribution in [-0.2, 0) is 7.05 Å². The first-order chi connectivity index (χ1) is 12.7. The molecular formula is C18H19BrN6O. The molecule has 26 heavy (non-hydrogen) atoms. The van der Waals surface area contributed by atoms with E-state index >= 15 is 0 Å². The average molecular weight is 415 g/mol. The predicted molar refractivity (Wildman–Crippen MR) is 102 cm³/mol. The lowest BCUT2D eigenvalue weighted by atomic mass is 10.1. The Bertz CT molecular complexity index is 873. The molecule has 3 aromatic heterocycles. The van der Waals surface area contributed by atoms with Gasteiger partial charge in [0, 0.05) is 68.9 Å². The van der Waals surface area contributed by atoms with E-state index in [1.807, 2.05) is 31.6 Å². The van der Waals surface area contributed by atoms with E-state index < -0.39 is 0 Å². The van der Waals surface area contributed by atoms with Crippen LogP contribution in [0.3, 0.4) is 0 Å². The molecule has 1 fully saturated rings. The number of hydrogen-bond acceptors (Lipinski definition) is 6. The zero-order valence-corrected chi connectivity index (χ0v) is 16.0. The number of ether oxygens (including phenoxy) is 1. The second-order valence-corrected chi connectivity index (χ2v) is 7.12. The molecule has 1 saturated heterocycles. The summed E-state index contributed by atoms with van der Waals surface area (Å²) in [5.74, 6) is 0.989. The molecule has 134 valence electrons. The van der Waals surface area contributed by atoms with E-state index in [4.69, 9.17) is 4.74 Å². The summed E-state index contributed by atoms with van der Waals surface area (Å²) < 4.78 is 8.74. The van der Waals surface area contributed by atoms with E-state index in [0.29, 0.717) is 6.01 Å². The lowest BCUT2D eigenvalue weighted by molar-refractivity contribution is 0.156. The Morgan fingerprint density at radius 2 is 1.85 bits per heavy atom. The summed E-state index contributed by atoms with van der Waals surface area (Å²) in [6, 6.07) is 4.37. The van der Waals surface area contributed by atoms with Gasteiger partial charge in [-0.15, -0.1) is 0 Å². The average Bonchev–Trinajstić information content (AvgIpc) is 3.10. The number of nitrogens with zero attached hydrogens (tertiary/aromatic N) is 6. The number of piperidine rings is 1. The minimum Gasteiger partial charge on any atom is -0.460 e. The second kappa shape index (κ2) is 7.41. The van der Waals surface area contributed by atoms with Crippen LogP contribution in [0.5, 0.6) is 6.01 Å². The van der Waals surface area contributed by atoms with Crippen molar-refractivity contribution in [2.24, 2.45) is 7.05 Å². The normalized spacial score (nSPS) is 15.2. The van der Waals surface area contributed by atoms with Crippen molar-refractivity contribution in [1.82, 2.24) is 24.7 Å². The van der Waals surface area contributed by atoms with Crippen molar-refractivity contribution < 1.29 is 4.74 Å². The smallest absolute Gasteiger partial charge is 0.316 e. The summed E-state index contributed by atoms with van der Waals surface area (Å²) in [4.78, 5) is 15.4. The van der Waals surface area contributed by atoms with E-state index in [1.165, 1.54) is 0 Å². The third-order valence-electron chi connectivity index (χ3n) is 4.42. The fraction of sp³-hybridized carbons (Fsp3) is 0.333. The van der Waals surface area contributed by atoms with Gasteiger partial charge in [0.1, 0.15) is 11.9 Å². The summed E-state index contributed by atoms with van der Waals surface area (Å²) in [5, 5.41) is 4.16. The van der Waals surface area contributed by atoms with Crippen LogP contribution in [-0.4, -0.2) is 43.9 Å². The SMILES string of the molecule is Cn1cc(-c2cnc(OC3CCN(c4ncccc4Br)CC3)nc2)cn1. The summed E-state index contributed by atoms with van der Waals surface area (Å²) in [6.07, 6.45) is 11.1. The maximum absolute atomic E-state index is 5.96. The van der Waals surface area contributed by atoms with Crippen LogP contribution in [0.1, 0.15) is 12.8 Å². The Hall–Kier alpha value is -2.48. The fourth-order valence-corrected chi connectivity index (χ4v) is 3.55. The van der Waals surface area contributed by atoms with Crippen molar-refractivity contribution in [1.29, 1.82) is 0 Å². The Kier molecular flexibility index (Phi) is 4.83. The lowest BCUT2D eigenvalue weighted by Crippen LogP contribution is -2.39. The van der Waals surface area contributed by atoms with Crippen molar-refractivity contribution >= 4 is 21.7 Å². The van der Waals surface area contributed by atoms with Crippen LogP contribution in [0.4, 0.5) is 5.82 Å². The number of rotatable bonds is 4. The molecule has 3 aromatic rings. The molecule has 1 aliphatic heterocycles. The van der Waals surface area contributed by atoms with Gasteiger partial charge in [-0.3, -0.25) is 4.68 Å². The Balaban J connectivity index is 1.35. The topological polar surface area (TPSA) is 69.0 Å². The minimum absolute atomic E-state index is 0.123. The molecule has 0 aromatic carbocycles. The summed E-state index contributed by atoms with van der Waals surface area (Å²) in [5.41, 5.74) is 1.92. The van der Waals surface area contributed by atoms with Crippen molar-refractivity contribution in [3.63, 3.8) is 0 Å². The number of hydrogen-bond donors (Lipinski definition) is 0. The quantitative estimate of drug-likeness (QED) is 0.653. The number of pyridine rings is 1. The van der Waals surface area contributed by atoms with E-state index in [2.05, 4.69) is 40.9 Å². The first-order valence-electron chi connectivity index (χ1n) is 8.52. The highest BCUT2D eigenvalue weighted by molar-refractivity contribution is 9.10. The van der Waals surface area contributed by atoms with Gasteiger partial charge in [0.15, 0.2) is 0 Å². The van der Waals surface area contributed by atoms with Crippen LogP contribution in [0.15, 0.2) is 47.6 Å². The summed E-state index contributed by atoms with van der Waals surface area (Å²) in [6.45, 7) is 1.79. The van der Waals surface area contributed by atoms with E-state index in [9.17, 15) is 0 Å². The number of aryl methyl sites for hydroxylation is 1. The number of anilines is 1. The van der Waals surface area contributed by atoms with Crippen LogP contribution < -0.4 is 9.64 Å². The monoisotopic (exact) mass is 414 g/mol. The Morgan fingerprint density at radius 3 is 2.50 bits per heavy atom. The fourth-order valence-electron chi connectivity index (χ4n) is 3.04. The Morgan fingerprint density at radius 1 is 1.08 bits per heavy atom. The standard InChI is InChI=1S/C18H19BrN6O/c1-24-12-14(11-23-24)13-9-21-18(22-10-13)26-15-4-7-25(8-5-15)17-16(19)3-2-6-20-17/h2-3,6,9-12,15H,4-5,7-8H2,1H3. The zero-order chi connectivity index (χ0) is 17.9. The summed E-state index contributed by atoms with van der Waals surface area (Å²) in [7, 11) is 1.89. The van der Waals surface area contributed by atoms with E-state index in [-0.39, 0.29) is 6.10 Å². The number of aromatic nitrogens is 5. The van der Waals surface area contributed by atoms with Gasteiger partial charge < -0.3 is 9.64 Å². The maximum Gasteiger partial charge on any atom is 0.316 e. The van der Waals surface area contributed by atoms with Gasteiger partial charge in [-0.25, -0.2) is 15.0 Å². The van der Waals surface area contributed by atoms with Gasteiger partial charge >= 0.3 is 6.01 Å². The lowest BCUT2D eigenvalue weighted by Gasteiger charge is -2.32. The third kappa shape index (κ3) is 3.70. The maximum atomic E-state index is 5.96. The first-order valence-corrected chi connectivity index (χ1v) is 9.31. The zero-order valence-electron chi connectivity index (χ0n) is 14.4. The molecular weight excluding hydrogens is 396 g/mol. The first kappa shape index (κ1) is 17.0. The molecule has 0 radical (unpaired) electrons. The van der Waals surface area contributed by atoms with Gasteiger partial charge in [0.2, 0.25) is 0 Å². The van der Waals surface area contributed by atoms with Crippen molar-refractivity contribution in [2.45, 2.75) is 18.9 Å². The van der Waals surface area contributed by atoms with Crippen LogP contribution in [0, 0.1) is 0 Å². The highest BCUT2D eigenvalue weighted by atomic mass is 79.9. The van der Waals surface area contributed by atoms with Gasteiger partial charge in [-0.2, -0.15) is 5.10 Å². The van der Waals surface area contributed by atoms with Gasteiger partial charge in [0.25, 0.3) is 0 Å². The highest BCUT2D eigenvalue weighted by Gasteiger charge is 2.23. The molecule has 0 saturated carbocycles. The van der Waals surface area contributed by atoms with Crippen LogP contribution in [0.2, 0.25) is 0 Å². The molecule has 0 amide bonds. The largest absolute Gasteiger partial charge is 0.460 e.